The summed E-state index contributed by atoms with van der Waals surface area (Å²) in [6, 6.07) is 7.40. The lowest BCUT2D eigenvalue weighted by Gasteiger charge is -2.27. The van der Waals surface area contributed by atoms with Crippen LogP contribution in [0.5, 0.6) is 0 Å². The second-order valence-electron chi connectivity index (χ2n) is 7.20. The van der Waals surface area contributed by atoms with Crippen LogP contribution in [0.4, 0.5) is 5.13 Å². The van der Waals surface area contributed by atoms with Crippen molar-refractivity contribution < 1.29 is 13.9 Å². The van der Waals surface area contributed by atoms with E-state index in [1.165, 1.54) is 11.3 Å². The standard InChI is InChI=1S/C21H24ClN3O3S/c1-14-12-17(15(2)28-14)20(26)25(7-3-6-24-8-10-27-11-9-24)21-23-18-5-4-16(22)13-19(18)29-21/h4-5,12-13H,3,6-11H2,1-2H3. The van der Waals surface area contributed by atoms with Gasteiger partial charge in [-0.3, -0.25) is 14.6 Å². The number of benzene rings is 1. The van der Waals surface area contributed by atoms with Gasteiger partial charge in [-0.2, -0.15) is 0 Å². The summed E-state index contributed by atoms with van der Waals surface area (Å²) < 4.78 is 12.0. The molecule has 1 aliphatic heterocycles. The number of amides is 1. The van der Waals surface area contributed by atoms with E-state index in [0.29, 0.717) is 28.0 Å². The van der Waals surface area contributed by atoms with Crippen LogP contribution >= 0.6 is 22.9 Å². The molecule has 6 nitrogen and oxygen atoms in total. The minimum Gasteiger partial charge on any atom is -0.466 e. The second-order valence-corrected chi connectivity index (χ2v) is 8.65. The van der Waals surface area contributed by atoms with E-state index in [4.69, 9.17) is 25.7 Å². The molecule has 0 radical (unpaired) electrons. The third-order valence-corrected chi connectivity index (χ3v) is 6.32. The molecule has 0 aliphatic carbocycles. The van der Waals surface area contributed by atoms with E-state index in [0.717, 1.165) is 55.2 Å². The van der Waals surface area contributed by atoms with Crippen LogP contribution in [0.3, 0.4) is 0 Å². The molecule has 0 bridgehead atoms. The first kappa shape index (κ1) is 20.3. The number of carbonyl (C=O) groups is 1. The van der Waals surface area contributed by atoms with Gasteiger partial charge in [0.05, 0.1) is 29.0 Å². The Labute approximate surface area is 179 Å². The molecule has 0 N–H and O–H groups in total. The molecule has 1 aliphatic rings. The van der Waals surface area contributed by atoms with Gasteiger partial charge in [-0.15, -0.1) is 0 Å². The van der Waals surface area contributed by atoms with Gasteiger partial charge in [0.15, 0.2) is 5.13 Å². The summed E-state index contributed by atoms with van der Waals surface area (Å²) in [6.07, 6.45) is 0.859. The molecule has 0 unspecified atom stereocenters. The number of thiazole rings is 1. The van der Waals surface area contributed by atoms with Crippen molar-refractivity contribution in [1.29, 1.82) is 0 Å². The fraction of sp³-hybridized carbons (Fsp3) is 0.429. The molecule has 1 saturated heterocycles. The highest BCUT2D eigenvalue weighted by Crippen LogP contribution is 2.32. The summed E-state index contributed by atoms with van der Waals surface area (Å²) in [4.78, 5) is 22.2. The van der Waals surface area contributed by atoms with Crippen molar-refractivity contribution in [2.75, 3.05) is 44.3 Å². The van der Waals surface area contributed by atoms with Crippen molar-refractivity contribution >= 4 is 44.2 Å². The number of aromatic nitrogens is 1. The van der Waals surface area contributed by atoms with Crippen LogP contribution in [0.1, 0.15) is 28.3 Å². The maximum atomic E-state index is 13.4. The number of furan rings is 1. The minimum absolute atomic E-state index is 0.0773. The lowest BCUT2D eigenvalue weighted by molar-refractivity contribution is 0.0376. The van der Waals surface area contributed by atoms with E-state index in [1.807, 2.05) is 32.0 Å². The molecule has 0 atom stereocenters. The van der Waals surface area contributed by atoms with Crippen LogP contribution in [-0.2, 0) is 4.74 Å². The van der Waals surface area contributed by atoms with Gasteiger partial charge in [-0.25, -0.2) is 4.98 Å². The number of hydrogen-bond acceptors (Lipinski definition) is 6. The molecule has 8 heteroatoms. The summed E-state index contributed by atoms with van der Waals surface area (Å²) in [6.45, 7) is 8.61. The number of ether oxygens (including phenoxy) is 1. The maximum absolute atomic E-state index is 13.4. The lowest BCUT2D eigenvalue weighted by Crippen LogP contribution is -2.39. The first-order chi connectivity index (χ1) is 14.0. The Hall–Kier alpha value is -1.93. The molecule has 4 rings (SSSR count). The van der Waals surface area contributed by atoms with E-state index >= 15 is 0 Å². The number of carbonyl (C=O) groups excluding carboxylic acids is 1. The summed E-state index contributed by atoms with van der Waals surface area (Å²) in [5, 5.41) is 1.35. The number of aryl methyl sites for hydroxylation is 2. The fourth-order valence-corrected chi connectivity index (χ4v) is 4.82. The highest BCUT2D eigenvalue weighted by Gasteiger charge is 2.25. The Kier molecular flexibility index (Phi) is 6.20. The average Bonchev–Trinajstić information content (AvgIpc) is 3.27. The number of rotatable bonds is 6. The number of nitrogens with zero attached hydrogens (tertiary/aromatic N) is 3. The minimum atomic E-state index is -0.0773. The first-order valence-corrected chi connectivity index (χ1v) is 11.0. The van der Waals surface area contributed by atoms with Gasteiger partial charge in [0.25, 0.3) is 5.91 Å². The van der Waals surface area contributed by atoms with Crippen LogP contribution < -0.4 is 4.90 Å². The second kappa shape index (κ2) is 8.83. The van der Waals surface area contributed by atoms with Gasteiger partial charge in [-0.1, -0.05) is 22.9 Å². The van der Waals surface area contributed by atoms with Crippen molar-refractivity contribution in [3.05, 3.63) is 46.4 Å². The van der Waals surface area contributed by atoms with Crippen molar-refractivity contribution in [3.8, 4) is 0 Å². The normalized spacial score (nSPS) is 15.1. The Balaban J connectivity index is 1.58. The number of morpholine rings is 1. The smallest absolute Gasteiger partial charge is 0.263 e. The SMILES string of the molecule is Cc1cc(C(=O)N(CCCN2CCOCC2)c2nc3ccc(Cl)cc3s2)c(C)o1. The molecule has 29 heavy (non-hydrogen) atoms. The summed E-state index contributed by atoms with van der Waals surface area (Å²) in [5.74, 6) is 1.29. The molecule has 2 aromatic heterocycles. The van der Waals surface area contributed by atoms with Gasteiger partial charge in [0.2, 0.25) is 0 Å². The molecule has 0 saturated carbocycles. The fourth-order valence-electron chi connectivity index (χ4n) is 3.55. The largest absolute Gasteiger partial charge is 0.466 e. The number of hydrogen-bond donors (Lipinski definition) is 0. The van der Waals surface area contributed by atoms with Crippen LogP contribution in [-0.4, -0.2) is 55.2 Å². The molecule has 3 aromatic rings. The third kappa shape index (κ3) is 4.64. The highest BCUT2D eigenvalue weighted by molar-refractivity contribution is 7.22. The quantitative estimate of drug-likeness (QED) is 0.571. The summed E-state index contributed by atoms with van der Waals surface area (Å²) in [5.41, 5.74) is 1.44. The van der Waals surface area contributed by atoms with Crippen molar-refractivity contribution in [1.82, 2.24) is 9.88 Å². The van der Waals surface area contributed by atoms with Gasteiger partial charge in [0.1, 0.15) is 11.5 Å². The molecular weight excluding hydrogens is 410 g/mol. The molecule has 0 spiro atoms. The molecule has 3 heterocycles. The van der Waals surface area contributed by atoms with E-state index in [1.54, 1.807) is 11.0 Å². The predicted octanol–water partition coefficient (Wildman–Crippen LogP) is 4.53. The van der Waals surface area contributed by atoms with Crippen molar-refractivity contribution in [2.45, 2.75) is 20.3 Å². The summed E-state index contributed by atoms with van der Waals surface area (Å²) in [7, 11) is 0. The molecule has 1 fully saturated rings. The molecule has 1 aromatic carbocycles. The first-order valence-electron chi connectivity index (χ1n) is 9.76. The zero-order valence-electron chi connectivity index (χ0n) is 16.6. The maximum Gasteiger partial charge on any atom is 0.263 e. The Morgan fingerprint density at radius 1 is 1.28 bits per heavy atom. The van der Waals surface area contributed by atoms with Crippen LogP contribution in [0.25, 0.3) is 10.2 Å². The molecule has 1 amide bonds. The lowest BCUT2D eigenvalue weighted by atomic mass is 10.2. The van der Waals surface area contributed by atoms with E-state index < -0.39 is 0 Å². The van der Waals surface area contributed by atoms with Gasteiger partial charge in [-0.05, 0) is 44.5 Å². The highest BCUT2D eigenvalue weighted by atomic mass is 35.5. The van der Waals surface area contributed by atoms with Crippen molar-refractivity contribution in [2.24, 2.45) is 0 Å². The van der Waals surface area contributed by atoms with Gasteiger partial charge < -0.3 is 9.15 Å². The monoisotopic (exact) mass is 433 g/mol. The Morgan fingerprint density at radius 2 is 2.07 bits per heavy atom. The topological polar surface area (TPSA) is 58.8 Å². The molecular formula is C21H24ClN3O3S. The number of halogens is 1. The molecule has 154 valence electrons. The van der Waals surface area contributed by atoms with Crippen LogP contribution in [0.15, 0.2) is 28.7 Å². The zero-order valence-corrected chi connectivity index (χ0v) is 18.2. The van der Waals surface area contributed by atoms with Gasteiger partial charge >= 0.3 is 0 Å². The van der Waals surface area contributed by atoms with Gasteiger partial charge in [0, 0.05) is 31.2 Å². The number of fused-ring (bicyclic) bond motifs is 1. The van der Waals surface area contributed by atoms with E-state index in [9.17, 15) is 4.79 Å². The van der Waals surface area contributed by atoms with E-state index in [2.05, 4.69) is 4.90 Å². The third-order valence-electron chi connectivity index (χ3n) is 5.05. The predicted molar refractivity (Wildman–Crippen MR) is 116 cm³/mol. The van der Waals surface area contributed by atoms with E-state index in [-0.39, 0.29) is 5.91 Å². The van der Waals surface area contributed by atoms with Crippen LogP contribution in [0, 0.1) is 13.8 Å². The average molecular weight is 434 g/mol. The zero-order chi connectivity index (χ0) is 20.4. The number of anilines is 1. The van der Waals surface area contributed by atoms with Crippen molar-refractivity contribution in [3.63, 3.8) is 0 Å². The van der Waals surface area contributed by atoms with Crippen LogP contribution in [0.2, 0.25) is 5.02 Å². The Morgan fingerprint density at radius 3 is 2.79 bits per heavy atom. The summed E-state index contributed by atoms with van der Waals surface area (Å²) >= 11 is 7.62. The Bertz CT molecular complexity index is 1010.